The maximum Gasteiger partial charge on any atom is 0.148 e. The van der Waals surface area contributed by atoms with Gasteiger partial charge >= 0.3 is 0 Å². The highest BCUT2D eigenvalue weighted by Gasteiger charge is 2.14. The van der Waals surface area contributed by atoms with Gasteiger partial charge in [0.15, 0.2) is 0 Å². The Labute approximate surface area is 118 Å². The Morgan fingerprint density at radius 2 is 2.00 bits per heavy atom. The zero-order valence-electron chi connectivity index (χ0n) is 11.8. The molecule has 0 aliphatic carbocycles. The summed E-state index contributed by atoms with van der Waals surface area (Å²) in [5, 5.41) is 0. The zero-order valence-corrected chi connectivity index (χ0v) is 11.8. The van der Waals surface area contributed by atoms with Crippen LogP contribution in [0.3, 0.4) is 0 Å². The first-order valence-corrected chi connectivity index (χ1v) is 6.74. The molecule has 0 saturated carbocycles. The molecule has 3 nitrogen and oxygen atoms in total. The smallest absolute Gasteiger partial charge is 0.148 e. The lowest BCUT2D eigenvalue weighted by atomic mass is 10.0. The van der Waals surface area contributed by atoms with Gasteiger partial charge in [-0.3, -0.25) is 4.98 Å². The first-order chi connectivity index (χ1) is 9.61. The molecule has 4 heteroatoms. The van der Waals surface area contributed by atoms with Gasteiger partial charge in [-0.2, -0.15) is 0 Å². The van der Waals surface area contributed by atoms with Crippen LogP contribution in [0.1, 0.15) is 24.6 Å². The average molecular weight is 274 g/mol. The highest BCUT2D eigenvalue weighted by molar-refractivity contribution is 5.40. The molecule has 0 spiro atoms. The van der Waals surface area contributed by atoms with Crippen LogP contribution in [0.4, 0.5) is 4.39 Å². The van der Waals surface area contributed by atoms with Crippen LogP contribution >= 0.6 is 0 Å². The molecule has 1 heterocycles. The molecule has 0 radical (unpaired) electrons. The van der Waals surface area contributed by atoms with Crippen LogP contribution < -0.4 is 10.5 Å². The molecule has 1 atom stereocenters. The lowest BCUT2D eigenvalue weighted by Crippen LogP contribution is -2.22. The molecule has 0 fully saturated rings. The van der Waals surface area contributed by atoms with Gasteiger partial charge in [0.05, 0.1) is 5.69 Å². The number of benzene rings is 1. The van der Waals surface area contributed by atoms with Gasteiger partial charge in [0.25, 0.3) is 0 Å². The topological polar surface area (TPSA) is 48.1 Å². The van der Waals surface area contributed by atoms with Crippen LogP contribution in [-0.2, 0) is 6.42 Å². The van der Waals surface area contributed by atoms with Crippen molar-refractivity contribution in [2.75, 3.05) is 0 Å². The Morgan fingerprint density at radius 3 is 2.70 bits per heavy atom. The van der Waals surface area contributed by atoms with Crippen molar-refractivity contribution in [2.24, 2.45) is 5.73 Å². The number of pyridine rings is 1. The van der Waals surface area contributed by atoms with Gasteiger partial charge in [0.2, 0.25) is 0 Å². The van der Waals surface area contributed by atoms with E-state index in [1.165, 1.54) is 6.07 Å². The summed E-state index contributed by atoms with van der Waals surface area (Å²) in [7, 11) is 0. The van der Waals surface area contributed by atoms with Crippen molar-refractivity contribution in [3.05, 3.63) is 53.6 Å². The molecule has 1 aromatic carbocycles. The van der Waals surface area contributed by atoms with Gasteiger partial charge in [-0.05, 0) is 44.0 Å². The average Bonchev–Trinajstić information content (AvgIpc) is 2.44. The molecule has 106 valence electrons. The van der Waals surface area contributed by atoms with Crippen molar-refractivity contribution in [1.29, 1.82) is 0 Å². The Hall–Kier alpha value is -1.94. The highest BCUT2D eigenvalue weighted by atomic mass is 19.1. The third-order valence-corrected chi connectivity index (χ3v) is 3.24. The minimum atomic E-state index is -0.284. The normalized spacial score (nSPS) is 12.2. The first-order valence-electron chi connectivity index (χ1n) is 6.74. The van der Waals surface area contributed by atoms with Gasteiger partial charge in [0.1, 0.15) is 17.3 Å². The number of ether oxygens (including phenoxy) is 1. The number of halogens is 1. The van der Waals surface area contributed by atoms with Crippen LogP contribution in [0, 0.1) is 12.7 Å². The van der Waals surface area contributed by atoms with Crippen molar-refractivity contribution in [3.8, 4) is 11.5 Å². The van der Waals surface area contributed by atoms with Gasteiger partial charge < -0.3 is 10.5 Å². The monoisotopic (exact) mass is 274 g/mol. The van der Waals surface area contributed by atoms with E-state index in [2.05, 4.69) is 4.98 Å². The molecular weight excluding hydrogens is 255 g/mol. The summed E-state index contributed by atoms with van der Waals surface area (Å²) in [4.78, 5) is 4.16. The second-order valence-electron chi connectivity index (χ2n) is 4.78. The molecule has 0 aliphatic rings. The molecule has 0 aliphatic heterocycles. The SMILES string of the molecule is CCC(N)Cc1c(F)cccc1Oc1cccnc1C. The van der Waals surface area contributed by atoms with E-state index >= 15 is 0 Å². The third-order valence-electron chi connectivity index (χ3n) is 3.24. The molecule has 20 heavy (non-hydrogen) atoms. The van der Waals surface area contributed by atoms with Gasteiger partial charge in [-0.15, -0.1) is 0 Å². The van der Waals surface area contributed by atoms with Gasteiger partial charge in [0, 0.05) is 17.8 Å². The Morgan fingerprint density at radius 1 is 1.25 bits per heavy atom. The molecule has 2 aromatic rings. The summed E-state index contributed by atoms with van der Waals surface area (Å²) in [5.74, 6) is 0.849. The second kappa shape index (κ2) is 6.48. The van der Waals surface area contributed by atoms with E-state index < -0.39 is 0 Å². The summed E-state index contributed by atoms with van der Waals surface area (Å²) in [6.45, 7) is 3.84. The van der Waals surface area contributed by atoms with Crippen LogP contribution in [0.25, 0.3) is 0 Å². The van der Waals surface area contributed by atoms with E-state index in [0.717, 1.165) is 12.1 Å². The number of nitrogens with two attached hydrogens (primary N) is 1. The lowest BCUT2D eigenvalue weighted by Gasteiger charge is -2.15. The molecule has 1 aromatic heterocycles. The van der Waals surface area contributed by atoms with Crippen molar-refractivity contribution < 1.29 is 9.13 Å². The van der Waals surface area contributed by atoms with Crippen molar-refractivity contribution in [1.82, 2.24) is 4.98 Å². The maximum atomic E-state index is 14.0. The number of rotatable bonds is 5. The maximum absolute atomic E-state index is 14.0. The van der Waals surface area contributed by atoms with Crippen molar-refractivity contribution in [3.63, 3.8) is 0 Å². The number of aromatic nitrogens is 1. The molecule has 2 N–H and O–H groups in total. The highest BCUT2D eigenvalue weighted by Crippen LogP contribution is 2.29. The van der Waals surface area contributed by atoms with Gasteiger partial charge in [-0.25, -0.2) is 4.39 Å². The fourth-order valence-electron chi connectivity index (χ4n) is 1.93. The predicted molar refractivity (Wildman–Crippen MR) is 77.4 cm³/mol. The van der Waals surface area contributed by atoms with E-state index in [9.17, 15) is 4.39 Å². The van der Waals surface area contributed by atoms with Crippen LogP contribution in [0.5, 0.6) is 11.5 Å². The third kappa shape index (κ3) is 3.33. The number of hydrogen-bond donors (Lipinski definition) is 1. The molecule has 0 saturated heterocycles. The minimum absolute atomic E-state index is 0.0794. The quantitative estimate of drug-likeness (QED) is 0.906. The van der Waals surface area contributed by atoms with E-state index in [4.69, 9.17) is 10.5 Å². The van der Waals surface area contributed by atoms with E-state index in [1.807, 2.05) is 19.9 Å². The van der Waals surface area contributed by atoms with Crippen molar-refractivity contribution in [2.45, 2.75) is 32.7 Å². The molecule has 2 rings (SSSR count). The Balaban J connectivity index is 2.32. The summed E-state index contributed by atoms with van der Waals surface area (Å²) < 4.78 is 19.8. The van der Waals surface area contributed by atoms with E-state index in [1.54, 1.807) is 24.4 Å². The van der Waals surface area contributed by atoms with Crippen molar-refractivity contribution >= 4 is 0 Å². The first kappa shape index (κ1) is 14.5. The molecule has 1 unspecified atom stereocenters. The summed E-state index contributed by atoms with van der Waals surface area (Å²) >= 11 is 0. The molecule has 0 amide bonds. The van der Waals surface area contributed by atoms with E-state index in [-0.39, 0.29) is 11.9 Å². The van der Waals surface area contributed by atoms with Gasteiger partial charge in [-0.1, -0.05) is 13.0 Å². The molecular formula is C16H19FN2O. The Bertz CT molecular complexity index is 586. The minimum Gasteiger partial charge on any atom is -0.455 e. The lowest BCUT2D eigenvalue weighted by molar-refractivity contribution is 0.455. The summed E-state index contributed by atoms with van der Waals surface area (Å²) in [6, 6.07) is 8.35. The summed E-state index contributed by atoms with van der Waals surface area (Å²) in [5.41, 5.74) is 7.22. The molecule has 0 bridgehead atoms. The van der Waals surface area contributed by atoms with Crippen LogP contribution in [0.15, 0.2) is 36.5 Å². The largest absolute Gasteiger partial charge is 0.455 e. The fourth-order valence-corrected chi connectivity index (χ4v) is 1.93. The standard InChI is InChI=1S/C16H19FN2O/c1-3-12(18)10-13-14(17)6-4-7-16(13)20-15-8-5-9-19-11(15)2/h4-9,12H,3,10,18H2,1-2H3. The fraction of sp³-hybridized carbons (Fsp3) is 0.312. The number of aryl methyl sites for hydroxylation is 1. The van der Waals surface area contributed by atoms with E-state index in [0.29, 0.717) is 23.5 Å². The van der Waals surface area contributed by atoms with Crippen LogP contribution in [-0.4, -0.2) is 11.0 Å². The Kier molecular flexibility index (Phi) is 4.69. The van der Waals surface area contributed by atoms with Crippen LogP contribution in [0.2, 0.25) is 0 Å². The second-order valence-corrected chi connectivity index (χ2v) is 4.78. The summed E-state index contributed by atoms with van der Waals surface area (Å²) in [6.07, 6.45) is 2.94. The predicted octanol–water partition coefficient (Wildman–Crippen LogP) is 3.60. The number of nitrogens with zero attached hydrogens (tertiary/aromatic N) is 1. The zero-order chi connectivity index (χ0) is 14.5. The number of hydrogen-bond acceptors (Lipinski definition) is 3.